The second-order valence-electron chi connectivity index (χ2n) is 2.97. The summed E-state index contributed by atoms with van der Waals surface area (Å²) in [6, 6.07) is 18.4. The molecule has 1 heterocycles. The van der Waals surface area contributed by atoms with Gasteiger partial charge in [-0.1, -0.05) is 6.07 Å². The first-order valence-electron chi connectivity index (χ1n) is 4.57. The molecular weight excluding hydrogens is 332 g/mol. The number of nitrogens with one attached hydrogen (secondary N) is 1. The summed E-state index contributed by atoms with van der Waals surface area (Å²) in [5.74, 6) is 0. The fraction of sp³-hybridized carbons (Fsp3) is 0. The van der Waals surface area contributed by atoms with Gasteiger partial charge in [0, 0.05) is 0 Å². The van der Waals surface area contributed by atoms with Crippen LogP contribution in [0.4, 0.5) is 0 Å². The Bertz CT molecular complexity index is 429. The Morgan fingerprint density at radius 3 is 2.29 bits per heavy atom. The SMILES string of the molecule is [Cl-].[Cl-].[Zr+4].[c-]1ccc[nH]1.c1ccc2[cH-]ccc2c1. The molecule has 0 aliphatic heterocycles. The number of fused-ring (bicyclic) bond motifs is 1. The summed E-state index contributed by atoms with van der Waals surface area (Å²) in [7, 11) is 0. The van der Waals surface area contributed by atoms with Crippen molar-refractivity contribution in [3.63, 3.8) is 0 Å². The van der Waals surface area contributed by atoms with Crippen molar-refractivity contribution >= 4 is 10.8 Å². The van der Waals surface area contributed by atoms with Crippen LogP contribution in [0, 0.1) is 6.20 Å². The van der Waals surface area contributed by atoms with E-state index in [2.05, 4.69) is 53.6 Å². The van der Waals surface area contributed by atoms with Gasteiger partial charge in [-0.3, -0.25) is 0 Å². The van der Waals surface area contributed by atoms with Crippen LogP contribution >= 0.6 is 0 Å². The summed E-state index contributed by atoms with van der Waals surface area (Å²) in [6.45, 7) is 0. The van der Waals surface area contributed by atoms with Crippen LogP contribution in [-0.2, 0) is 26.2 Å². The Hall–Kier alpha value is -0.427. The molecule has 0 amide bonds. The molecule has 0 unspecified atom stereocenters. The van der Waals surface area contributed by atoms with Crippen LogP contribution in [0.1, 0.15) is 0 Å². The number of H-pyrrole nitrogens is 1. The number of rotatable bonds is 0. The maximum Gasteiger partial charge on any atom is 4.00 e. The molecule has 0 spiro atoms. The largest absolute Gasteiger partial charge is 4.00 e. The van der Waals surface area contributed by atoms with Crippen molar-refractivity contribution in [1.82, 2.24) is 4.98 Å². The molecular formula is C13H11Cl2NZr. The molecule has 0 saturated heterocycles. The van der Waals surface area contributed by atoms with Crippen LogP contribution < -0.4 is 24.8 Å². The molecule has 4 heteroatoms. The first-order valence-corrected chi connectivity index (χ1v) is 4.57. The number of aromatic amines is 1. The minimum atomic E-state index is 0. The maximum absolute atomic E-state index is 2.74. The zero-order chi connectivity index (χ0) is 9.64. The molecule has 0 radical (unpaired) electrons. The van der Waals surface area contributed by atoms with Crippen molar-refractivity contribution in [2.75, 3.05) is 0 Å². The first-order chi connectivity index (χ1) is 6.97. The van der Waals surface area contributed by atoms with Gasteiger partial charge in [-0.25, -0.2) is 0 Å². The third-order valence-electron chi connectivity index (χ3n) is 1.99. The molecule has 2 aromatic carbocycles. The van der Waals surface area contributed by atoms with Crippen molar-refractivity contribution in [1.29, 1.82) is 0 Å². The van der Waals surface area contributed by atoms with E-state index in [1.54, 1.807) is 0 Å². The summed E-state index contributed by atoms with van der Waals surface area (Å²) in [4.78, 5) is 2.74. The van der Waals surface area contributed by atoms with Gasteiger partial charge in [0.15, 0.2) is 0 Å². The molecule has 0 aliphatic carbocycles. The molecule has 1 N–H and O–H groups in total. The monoisotopic (exact) mass is 341 g/mol. The van der Waals surface area contributed by atoms with E-state index in [9.17, 15) is 0 Å². The summed E-state index contributed by atoms with van der Waals surface area (Å²) < 4.78 is 0. The molecule has 0 saturated carbocycles. The summed E-state index contributed by atoms with van der Waals surface area (Å²) >= 11 is 0. The fourth-order valence-electron chi connectivity index (χ4n) is 1.31. The average molecular weight is 343 g/mol. The molecule has 3 aromatic rings. The topological polar surface area (TPSA) is 15.8 Å². The van der Waals surface area contributed by atoms with E-state index in [-0.39, 0.29) is 51.0 Å². The Kier molecular flexibility index (Phi) is 11.9. The van der Waals surface area contributed by atoms with Crippen LogP contribution in [0.3, 0.4) is 0 Å². The van der Waals surface area contributed by atoms with Gasteiger partial charge in [0.25, 0.3) is 0 Å². The Morgan fingerprint density at radius 1 is 1.00 bits per heavy atom. The summed E-state index contributed by atoms with van der Waals surface area (Å²) in [5.41, 5.74) is 0. The second kappa shape index (κ2) is 10.7. The third-order valence-corrected chi connectivity index (χ3v) is 1.99. The molecule has 17 heavy (non-hydrogen) atoms. The number of hydrogen-bond donors (Lipinski definition) is 1. The molecule has 3 rings (SSSR count). The van der Waals surface area contributed by atoms with Crippen molar-refractivity contribution < 1.29 is 51.0 Å². The second-order valence-corrected chi connectivity index (χ2v) is 2.97. The summed E-state index contributed by atoms with van der Waals surface area (Å²) in [5, 5.41) is 2.66. The van der Waals surface area contributed by atoms with Gasteiger partial charge in [-0.15, -0.1) is 35.8 Å². The minimum Gasteiger partial charge on any atom is -1.00 e. The fourth-order valence-corrected chi connectivity index (χ4v) is 1.31. The summed E-state index contributed by atoms with van der Waals surface area (Å²) in [6.07, 6.45) is 4.56. The zero-order valence-corrected chi connectivity index (χ0v) is 13.0. The Morgan fingerprint density at radius 2 is 1.76 bits per heavy atom. The number of benzene rings is 1. The Balaban J connectivity index is 0. The van der Waals surface area contributed by atoms with E-state index in [0.717, 1.165) is 0 Å². The van der Waals surface area contributed by atoms with Gasteiger partial charge in [-0.2, -0.15) is 35.8 Å². The van der Waals surface area contributed by atoms with Gasteiger partial charge in [0.2, 0.25) is 0 Å². The van der Waals surface area contributed by atoms with Crippen LogP contribution in [0.15, 0.2) is 60.8 Å². The molecule has 1 aromatic heterocycles. The van der Waals surface area contributed by atoms with E-state index < -0.39 is 0 Å². The van der Waals surface area contributed by atoms with Crippen molar-refractivity contribution in [3.05, 3.63) is 67.0 Å². The standard InChI is InChI=1S/C9H7.C4H4N.2ClH.Zr/c1-2-5-9-7-3-6-8(9)4-1;1-2-4-5-3-1;;;/h1-7H;1-3,5H;2*1H;/q2*-1;;;+4/p-2. The maximum atomic E-state index is 2.74. The van der Waals surface area contributed by atoms with Crippen LogP contribution in [-0.4, -0.2) is 4.98 Å². The normalized spacial score (nSPS) is 7.76. The van der Waals surface area contributed by atoms with E-state index >= 15 is 0 Å². The smallest absolute Gasteiger partial charge is 1.00 e. The molecule has 86 valence electrons. The van der Waals surface area contributed by atoms with Gasteiger partial charge < -0.3 is 29.8 Å². The molecule has 0 atom stereocenters. The number of halogens is 2. The van der Waals surface area contributed by atoms with E-state index in [1.165, 1.54) is 10.8 Å². The van der Waals surface area contributed by atoms with Gasteiger partial charge >= 0.3 is 26.2 Å². The van der Waals surface area contributed by atoms with Gasteiger partial charge in [-0.05, 0) is 0 Å². The average Bonchev–Trinajstić information content (AvgIpc) is 2.92. The van der Waals surface area contributed by atoms with Crippen molar-refractivity contribution in [3.8, 4) is 0 Å². The third kappa shape index (κ3) is 6.16. The predicted octanol–water partition coefficient (Wildman–Crippen LogP) is -2.62. The molecule has 0 aliphatic rings. The Labute approximate surface area is 133 Å². The number of hydrogen-bond acceptors (Lipinski definition) is 0. The van der Waals surface area contributed by atoms with Crippen molar-refractivity contribution in [2.24, 2.45) is 0 Å². The molecule has 0 bridgehead atoms. The van der Waals surface area contributed by atoms with Gasteiger partial charge in [0.1, 0.15) is 0 Å². The quantitative estimate of drug-likeness (QED) is 0.430. The van der Waals surface area contributed by atoms with E-state index in [4.69, 9.17) is 0 Å². The van der Waals surface area contributed by atoms with E-state index in [1.807, 2.05) is 18.3 Å². The zero-order valence-electron chi connectivity index (χ0n) is 9.03. The van der Waals surface area contributed by atoms with Crippen LogP contribution in [0.2, 0.25) is 0 Å². The predicted molar refractivity (Wildman–Crippen MR) is 59.2 cm³/mol. The van der Waals surface area contributed by atoms with Crippen molar-refractivity contribution in [2.45, 2.75) is 0 Å². The van der Waals surface area contributed by atoms with E-state index in [0.29, 0.717) is 0 Å². The minimum absolute atomic E-state index is 0. The van der Waals surface area contributed by atoms with Crippen LogP contribution in [0.5, 0.6) is 0 Å². The molecule has 1 nitrogen and oxygen atoms in total. The van der Waals surface area contributed by atoms with Gasteiger partial charge in [0.05, 0.1) is 0 Å². The first kappa shape index (κ1) is 18.9. The number of aromatic nitrogens is 1. The molecule has 0 fully saturated rings. The van der Waals surface area contributed by atoms with Crippen LogP contribution in [0.25, 0.3) is 10.8 Å².